The quantitative estimate of drug-likeness (QED) is 0.754. The molecular formula is C13H11N3O3. The molecule has 0 unspecified atom stereocenters. The topological polar surface area (TPSA) is 105 Å². The van der Waals surface area contributed by atoms with Crippen molar-refractivity contribution in [1.29, 1.82) is 0 Å². The molecule has 0 aliphatic heterocycles. The smallest absolute Gasteiger partial charge is 0.257 e. The summed E-state index contributed by atoms with van der Waals surface area (Å²) in [4.78, 5) is 36.0. The van der Waals surface area contributed by atoms with E-state index in [0.717, 1.165) is 0 Å². The average molecular weight is 257 g/mol. The first kappa shape index (κ1) is 12.6. The number of primary amides is 1. The minimum atomic E-state index is -0.529. The molecule has 0 saturated heterocycles. The normalized spacial score (nSPS) is 9.89. The van der Waals surface area contributed by atoms with E-state index in [2.05, 4.69) is 10.3 Å². The summed E-state index contributed by atoms with van der Waals surface area (Å²) in [5.74, 6) is -0.887. The monoisotopic (exact) mass is 257 g/mol. The molecule has 19 heavy (non-hydrogen) atoms. The van der Waals surface area contributed by atoms with Gasteiger partial charge in [-0.25, -0.2) is 0 Å². The van der Waals surface area contributed by atoms with E-state index in [4.69, 9.17) is 5.73 Å². The van der Waals surface area contributed by atoms with Crippen LogP contribution in [0.1, 0.15) is 20.7 Å². The summed E-state index contributed by atoms with van der Waals surface area (Å²) in [6.07, 6.45) is 1.33. The first-order chi connectivity index (χ1) is 9.06. The van der Waals surface area contributed by atoms with Gasteiger partial charge in [-0.15, -0.1) is 0 Å². The van der Waals surface area contributed by atoms with Crippen LogP contribution in [0.2, 0.25) is 0 Å². The predicted molar refractivity (Wildman–Crippen MR) is 70.0 cm³/mol. The number of rotatable bonds is 3. The van der Waals surface area contributed by atoms with Crippen LogP contribution in [0.5, 0.6) is 0 Å². The largest absolute Gasteiger partial charge is 0.366 e. The second-order valence-electron chi connectivity index (χ2n) is 3.84. The third-order valence-corrected chi connectivity index (χ3v) is 2.47. The second kappa shape index (κ2) is 5.18. The van der Waals surface area contributed by atoms with Crippen LogP contribution in [-0.2, 0) is 0 Å². The lowest BCUT2D eigenvalue weighted by atomic mass is 10.2. The van der Waals surface area contributed by atoms with Crippen molar-refractivity contribution in [3.8, 4) is 0 Å². The summed E-state index contributed by atoms with van der Waals surface area (Å²) in [6.45, 7) is 0. The van der Waals surface area contributed by atoms with Gasteiger partial charge in [-0.1, -0.05) is 0 Å². The number of carbonyl (C=O) groups is 2. The molecule has 1 aromatic carbocycles. The van der Waals surface area contributed by atoms with Crippen molar-refractivity contribution in [1.82, 2.24) is 4.98 Å². The van der Waals surface area contributed by atoms with E-state index >= 15 is 0 Å². The van der Waals surface area contributed by atoms with Crippen molar-refractivity contribution in [2.75, 3.05) is 5.32 Å². The lowest BCUT2D eigenvalue weighted by Crippen LogP contribution is -2.15. The maximum atomic E-state index is 11.8. The van der Waals surface area contributed by atoms with Gasteiger partial charge in [0, 0.05) is 23.5 Å². The third-order valence-electron chi connectivity index (χ3n) is 2.47. The molecule has 96 valence electrons. The van der Waals surface area contributed by atoms with Gasteiger partial charge in [0.15, 0.2) is 0 Å². The number of aromatic amines is 1. The van der Waals surface area contributed by atoms with Gasteiger partial charge >= 0.3 is 0 Å². The van der Waals surface area contributed by atoms with E-state index in [9.17, 15) is 14.4 Å². The van der Waals surface area contributed by atoms with Crippen molar-refractivity contribution < 1.29 is 9.59 Å². The van der Waals surface area contributed by atoms with Crippen LogP contribution in [0, 0.1) is 0 Å². The Morgan fingerprint density at radius 1 is 1.00 bits per heavy atom. The highest BCUT2D eigenvalue weighted by molar-refractivity contribution is 6.04. The van der Waals surface area contributed by atoms with E-state index in [1.807, 2.05) is 0 Å². The number of H-pyrrole nitrogens is 1. The van der Waals surface area contributed by atoms with Gasteiger partial charge in [0.1, 0.15) is 0 Å². The number of benzene rings is 1. The fraction of sp³-hybridized carbons (Fsp3) is 0. The summed E-state index contributed by atoms with van der Waals surface area (Å²) in [6, 6.07) is 8.88. The van der Waals surface area contributed by atoms with Crippen molar-refractivity contribution >= 4 is 17.5 Å². The SMILES string of the molecule is NC(=O)c1ccc(NC(=O)c2ccc(=O)[nH]c2)cc1. The molecular weight excluding hydrogens is 246 g/mol. The van der Waals surface area contributed by atoms with E-state index in [0.29, 0.717) is 16.8 Å². The summed E-state index contributed by atoms with van der Waals surface area (Å²) >= 11 is 0. The summed E-state index contributed by atoms with van der Waals surface area (Å²) in [5.41, 5.74) is 6.06. The zero-order valence-corrected chi connectivity index (χ0v) is 9.84. The minimum absolute atomic E-state index is 0.276. The van der Waals surface area contributed by atoms with Crippen LogP contribution in [0.4, 0.5) is 5.69 Å². The molecule has 0 spiro atoms. The van der Waals surface area contributed by atoms with Crippen LogP contribution in [0.15, 0.2) is 47.4 Å². The van der Waals surface area contributed by atoms with Gasteiger partial charge in [0.2, 0.25) is 11.5 Å². The molecule has 0 fully saturated rings. The van der Waals surface area contributed by atoms with Gasteiger partial charge in [-0.3, -0.25) is 14.4 Å². The minimum Gasteiger partial charge on any atom is -0.366 e. The molecule has 0 aliphatic rings. The number of hydrogen-bond acceptors (Lipinski definition) is 3. The Morgan fingerprint density at radius 2 is 1.63 bits per heavy atom. The van der Waals surface area contributed by atoms with Gasteiger partial charge in [-0.05, 0) is 30.3 Å². The van der Waals surface area contributed by atoms with Crippen LogP contribution in [0.3, 0.4) is 0 Å². The molecule has 0 aliphatic carbocycles. The molecule has 2 rings (SSSR count). The number of nitrogens with one attached hydrogen (secondary N) is 2. The van der Waals surface area contributed by atoms with Crippen LogP contribution in [-0.4, -0.2) is 16.8 Å². The Morgan fingerprint density at radius 3 is 2.16 bits per heavy atom. The lowest BCUT2D eigenvalue weighted by Gasteiger charge is -2.05. The summed E-state index contributed by atoms with van der Waals surface area (Å²) in [7, 11) is 0. The molecule has 1 aromatic heterocycles. The number of hydrogen-bond donors (Lipinski definition) is 3. The first-order valence-electron chi connectivity index (χ1n) is 5.46. The van der Waals surface area contributed by atoms with E-state index in [1.54, 1.807) is 12.1 Å². The van der Waals surface area contributed by atoms with Crippen molar-refractivity contribution in [3.05, 3.63) is 64.1 Å². The standard InChI is InChI=1S/C13H11N3O3/c14-12(18)8-1-4-10(5-2-8)16-13(19)9-3-6-11(17)15-7-9/h1-7H,(H2,14,18)(H,15,17)(H,16,19). The number of aromatic nitrogens is 1. The highest BCUT2D eigenvalue weighted by Gasteiger charge is 2.06. The van der Waals surface area contributed by atoms with Crippen LogP contribution in [0.25, 0.3) is 0 Å². The van der Waals surface area contributed by atoms with E-state index in [1.165, 1.54) is 30.5 Å². The number of nitrogens with two attached hydrogens (primary N) is 1. The second-order valence-corrected chi connectivity index (χ2v) is 3.84. The maximum Gasteiger partial charge on any atom is 0.257 e. The van der Waals surface area contributed by atoms with Crippen LogP contribution < -0.4 is 16.6 Å². The van der Waals surface area contributed by atoms with Crippen molar-refractivity contribution in [2.45, 2.75) is 0 Å². The Bertz CT molecular complexity index is 654. The fourth-order valence-corrected chi connectivity index (χ4v) is 1.47. The highest BCUT2D eigenvalue weighted by Crippen LogP contribution is 2.10. The zero-order chi connectivity index (χ0) is 13.8. The average Bonchev–Trinajstić information content (AvgIpc) is 2.40. The van der Waals surface area contributed by atoms with E-state index < -0.39 is 5.91 Å². The molecule has 2 amide bonds. The fourth-order valence-electron chi connectivity index (χ4n) is 1.47. The Hall–Kier alpha value is -2.89. The molecule has 0 atom stereocenters. The third kappa shape index (κ3) is 3.06. The van der Waals surface area contributed by atoms with E-state index in [-0.39, 0.29) is 11.5 Å². The predicted octanol–water partition coefficient (Wildman–Crippen LogP) is 0.726. The number of carbonyl (C=O) groups excluding carboxylic acids is 2. The zero-order valence-electron chi connectivity index (χ0n) is 9.84. The highest BCUT2D eigenvalue weighted by atomic mass is 16.2. The molecule has 0 bridgehead atoms. The number of pyridine rings is 1. The Balaban J connectivity index is 2.12. The molecule has 4 N–H and O–H groups in total. The molecule has 1 heterocycles. The van der Waals surface area contributed by atoms with Gasteiger partial charge < -0.3 is 16.0 Å². The molecule has 0 saturated carbocycles. The van der Waals surface area contributed by atoms with Crippen molar-refractivity contribution in [3.63, 3.8) is 0 Å². The van der Waals surface area contributed by atoms with Gasteiger partial charge in [-0.2, -0.15) is 0 Å². The molecule has 6 heteroatoms. The van der Waals surface area contributed by atoms with Gasteiger partial charge in [0.25, 0.3) is 5.91 Å². The lowest BCUT2D eigenvalue weighted by molar-refractivity contribution is 0.0998. The first-order valence-corrected chi connectivity index (χ1v) is 5.46. The summed E-state index contributed by atoms with van der Waals surface area (Å²) < 4.78 is 0. The van der Waals surface area contributed by atoms with Crippen molar-refractivity contribution in [2.24, 2.45) is 5.73 Å². The Kier molecular flexibility index (Phi) is 3.42. The number of amides is 2. The molecule has 2 aromatic rings. The molecule has 0 radical (unpaired) electrons. The summed E-state index contributed by atoms with van der Waals surface area (Å²) in [5, 5.41) is 2.63. The number of anilines is 1. The maximum absolute atomic E-state index is 11.8. The Labute approximate surface area is 108 Å². The van der Waals surface area contributed by atoms with Crippen LogP contribution >= 0.6 is 0 Å². The van der Waals surface area contributed by atoms with Gasteiger partial charge in [0.05, 0.1) is 5.56 Å². The molecule has 6 nitrogen and oxygen atoms in total.